The van der Waals surface area contributed by atoms with Gasteiger partial charge in [-0.05, 0) is 44.0 Å². The lowest BCUT2D eigenvalue weighted by molar-refractivity contribution is -0.120. The molecule has 1 aromatic rings. The van der Waals surface area contributed by atoms with Crippen molar-refractivity contribution in [1.29, 1.82) is 0 Å². The van der Waals surface area contributed by atoms with E-state index in [1.54, 1.807) is 6.07 Å². The van der Waals surface area contributed by atoms with Crippen LogP contribution >= 0.6 is 0 Å². The molecule has 0 aliphatic heterocycles. The molecule has 3 N–H and O–H groups in total. The van der Waals surface area contributed by atoms with Gasteiger partial charge in [-0.2, -0.15) is 0 Å². The van der Waals surface area contributed by atoms with Crippen LogP contribution < -0.4 is 11.1 Å². The zero-order chi connectivity index (χ0) is 15.3. The van der Waals surface area contributed by atoms with E-state index < -0.39 is 0 Å². The van der Waals surface area contributed by atoms with Gasteiger partial charge in [-0.25, -0.2) is 0 Å². The predicted octanol–water partition coefficient (Wildman–Crippen LogP) is 2.88. The molecule has 0 bridgehead atoms. The van der Waals surface area contributed by atoms with E-state index in [4.69, 9.17) is 5.73 Å². The number of carbonyl (C=O) groups is 1. The second-order valence-corrected chi connectivity index (χ2v) is 5.72. The summed E-state index contributed by atoms with van der Waals surface area (Å²) in [5.41, 5.74) is 8.24. The molecule has 0 heterocycles. The number of aryl methyl sites for hydroxylation is 1. The van der Waals surface area contributed by atoms with Gasteiger partial charge >= 0.3 is 0 Å². The zero-order valence-corrected chi connectivity index (χ0v) is 13.2. The molecule has 1 atom stereocenters. The van der Waals surface area contributed by atoms with Crippen molar-refractivity contribution in [2.24, 2.45) is 5.92 Å². The zero-order valence-electron chi connectivity index (χ0n) is 13.2. The number of amides is 1. The van der Waals surface area contributed by atoms with Crippen LogP contribution in [0.1, 0.15) is 33.3 Å². The molecule has 0 spiro atoms. The highest BCUT2D eigenvalue weighted by Crippen LogP contribution is 2.19. The summed E-state index contributed by atoms with van der Waals surface area (Å²) in [7, 11) is 0. The maximum Gasteiger partial charge on any atom is 0.241 e. The molecule has 0 fully saturated rings. The highest BCUT2D eigenvalue weighted by atomic mass is 16.2. The summed E-state index contributed by atoms with van der Waals surface area (Å²) in [5, 5.41) is 2.98. The average molecular weight is 277 g/mol. The Balaban J connectivity index is 2.76. The molecule has 0 saturated carbocycles. The number of rotatable bonds is 6. The maximum absolute atomic E-state index is 12.4. The van der Waals surface area contributed by atoms with E-state index in [0.717, 1.165) is 24.3 Å². The minimum atomic E-state index is -0.150. The van der Waals surface area contributed by atoms with Crippen molar-refractivity contribution in [3.63, 3.8) is 0 Å². The molecule has 0 aliphatic carbocycles. The first-order valence-electron chi connectivity index (χ1n) is 7.26. The second-order valence-electron chi connectivity index (χ2n) is 5.72. The SMILES string of the molecule is CCN(CC(C)C)C(C)C(=O)Nc1cc(N)ccc1C. The van der Waals surface area contributed by atoms with Crippen molar-refractivity contribution in [2.45, 2.75) is 40.7 Å². The molecular formula is C16H27N3O. The Kier molecular flexibility index (Phi) is 6.02. The molecule has 0 saturated heterocycles. The van der Waals surface area contributed by atoms with Gasteiger partial charge < -0.3 is 11.1 Å². The van der Waals surface area contributed by atoms with E-state index in [-0.39, 0.29) is 11.9 Å². The van der Waals surface area contributed by atoms with Crippen molar-refractivity contribution < 1.29 is 4.79 Å². The Labute approximate surface area is 122 Å². The lowest BCUT2D eigenvalue weighted by Crippen LogP contribution is -2.43. The summed E-state index contributed by atoms with van der Waals surface area (Å²) in [6.07, 6.45) is 0. The topological polar surface area (TPSA) is 58.4 Å². The van der Waals surface area contributed by atoms with Gasteiger partial charge in [0.05, 0.1) is 6.04 Å². The first kappa shape index (κ1) is 16.5. The van der Waals surface area contributed by atoms with Gasteiger partial charge in [-0.3, -0.25) is 9.69 Å². The van der Waals surface area contributed by atoms with Crippen molar-refractivity contribution in [1.82, 2.24) is 4.90 Å². The summed E-state index contributed by atoms with van der Waals surface area (Å²) < 4.78 is 0. The van der Waals surface area contributed by atoms with Crippen LogP contribution in [0.25, 0.3) is 0 Å². The third kappa shape index (κ3) is 4.53. The second kappa shape index (κ2) is 7.29. The van der Waals surface area contributed by atoms with Gasteiger partial charge in [-0.15, -0.1) is 0 Å². The van der Waals surface area contributed by atoms with E-state index in [1.807, 2.05) is 26.0 Å². The van der Waals surface area contributed by atoms with Crippen LogP contribution in [0.3, 0.4) is 0 Å². The first-order valence-corrected chi connectivity index (χ1v) is 7.26. The monoisotopic (exact) mass is 277 g/mol. The standard InChI is InChI=1S/C16H27N3O/c1-6-19(10-11(2)3)13(5)16(20)18-15-9-14(17)8-7-12(15)4/h7-9,11,13H,6,10,17H2,1-5H3,(H,18,20). The van der Waals surface area contributed by atoms with Crippen LogP contribution in [0.4, 0.5) is 11.4 Å². The van der Waals surface area contributed by atoms with E-state index >= 15 is 0 Å². The van der Waals surface area contributed by atoms with Crippen molar-refractivity contribution in [3.05, 3.63) is 23.8 Å². The Bertz CT molecular complexity index is 457. The third-order valence-corrected chi connectivity index (χ3v) is 3.45. The van der Waals surface area contributed by atoms with Crippen LogP contribution in [0.2, 0.25) is 0 Å². The number of nitrogens with zero attached hydrogens (tertiary/aromatic N) is 1. The smallest absolute Gasteiger partial charge is 0.241 e. The molecule has 1 unspecified atom stereocenters. The fraction of sp³-hybridized carbons (Fsp3) is 0.562. The number of anilines is 2. The lowest BCUT2D eigenvalue weighted by atomic mass is 10.1. The van der Waals surface area contributed by atoms with Gasteiger partial charge in [-0.1, -0.05) is 26.8 Å². The highest BCUT2D eigenvalue weighted by molar-refractivity contribution is 5.95. The van der Waals surface area contributed by atoms with Gasteiger partial charge in [0, 0.05) is 17.9 Å². The van der Waals surface area contributed by atoms with Crippen molar-refractivity contribution in [2.75, 3.05) is 24.1 Å². The number of hydrogen-bond donors (Lipinski definition) is 2. The Morgan fingerprint density at radius 3 is 2.55 bits per heavy atom. The predicted molar refractivity (Wildman–Crippen MR) is 85.8 cm³/mol. The number of benzene rings is 1. The number of nitrogen functional groups attached to an aromatic ring is 1. The van der Waals surface area contributed by atoms with Gasteiger partial charge in [0.15, 0.2) is 0 Å². The molecule has 4 heteroatoms. The number of nitrogens with one attached hydrogen (secondary N) is 1. The quantitative estimate of drug-likeness (QED) is 0.786. The molecule has 0 aromatic heterocycles. The molecule has 0 aliphatic rings. The van der Waals surface area contributed by atoms with E-state index in [9.17, 15) is 4.79 Å². The summed E-state index contributed by atoms with van der Waals surface area (Å²) in [6, 6.07) is 5.41. The maximum atomic E-state index is 12.4. The number of hydrogen-bond acceptors (Lipinski definition) is 3. The summed E-state index contributed by atoms with van der Waals surface area (Å²) in [6.45, 7) is 12.1. The molecule has 4 nitrogen and oxygen atoms in total. The summed E-state index contributed by atoms with van der Waals surface area (Å²) in [4.78, 5) is 14.5. The molecule has 1 amide bonds. The fourth-order valence-corrected chi connectivity index (χ4v) is 2.21. The lowest BCUT2D eigenvalue weighted by Gasteiger charge is -2.28. The van der Waals surface area contributed by atoms with Crippen LogP contribution in [0.15, 0.2) is 18.2 Å². The van der Waals surface area contributed by atoms with Crippen LogP contribution in [0, 0.1) is 12.8 Å². The van der Waals surface area contributed by atoms with Gasteiger partial charge in [0.25, 0.3) is 0 Å². The number of likely N-dealkylation sites (N-methyl/N-ethyl adjacent to an activating group) is 1. The van der Waals surface area contributed by atoms with Gasteiger partial charge in [0.1, 0.15) is 0 Å². The van der Waals surface area contributed by atoms with Crippen LogP contribution in [-0.2, 0) is 4.79 Å². The minimum Gasteiger partial charge on any atom is -0.399 e. The molecule has 20 heavy (non-hydrogen) atoms. The van der Waals surface area contributed by atoms with Crippen molar-refractivity contribution in [3.8, 4) is 0 Å². The number of nitrogens with two attached hydrogens (primary N) is 1. The Morgan fingerprint density at radius 2 is 2.00 bits per heavy atom. The highest BCUT2D eigenvalue weighted by Gasteiger charge is 2.21. The largest absolute Gasteiger partial charge is 0.399 e. The number of carbonyl (C=O) groups excluding carboxylic acids is 1. The van der Waals surface area contributed by atoms with E-state index in [1.165, 1.54) is 0 Å². The molecule has 1 rings (SSSR count). The minimum absolute atomic E-state index is 0.0150. The Hall–Kier alpha value is -1.55. The molecular weight excluding hydrogens is 250 g/mol. The van der Waals surface area contributed by atoms with Crippen molar-refractivity contribution >= 4 is 17.3 Å². The fourth-order valence-electron chi connectivity index (χ4n) is 2.21. The van der Waals surface area contributed by atoms with Gasteiger partial charge in [0.2, 0.25) is 5.91 Å². The normalized spacial score (nSPS) is 12.8. The summed E-state index contributed by atoms with van der Waals surface area (Å²) in [5.74, 6) is 0.556. The summed E-state index contributed by atoms with van der Waals surface area (Å²) >= 11 is 0. The van der Waals surface area contributed by atoms with Crippen LogP contribution in [-0.4, -0.2) is 29.9 Å². The molecule has 112 valence electrons. The Morgan fingerprint density at radius 1 is 1.35 bits per heavy atom. The van der Waals surface area contributed by atoms with E-state index in [2.05, 4.69) is 31.0 Å². The average Bonchev–Trinajstić information content (AvgIpc) is 2.39. The van der Waals surface area contributed by atoms with E-state index in [0.29, 0.717) is 11.6 Å². The molecule has 0 radical (unpaired) electrons. The first-order chi connectivity index (χ1) is 9.35. The molecule has 1 aromatic carbocycles. The van der Waals surface area contributed by atoms with Crippen LogP contribution in [0.5, 0.6) is 0 Å². The third-order valence-electron chi connectivity index (χ3n) is 3.45.